The summed E-state index contributed by atoms with van der Waals surface area (Å²) >= 11 is 6.01. The van der Waals surface area contributed by atoms with Crippen LogP contribution in [0.5, 0.6) is 5.75 Å². The Morgan fingerprint density at radius 2 is 1.67 bits per heavy atom. The van der Waals surface area contributed by atoms with E-state index < -0.39 is 10.0 Å². The molecule has 3 aromatic carbocycles. The lowest BCUT2D eigenvalue weighted by Gasteiger charge is -2.27. The summed E-state index contributed by atoms with van der Waals surface area (Å²) in [7, 11) is -3.83. The summed E-state index contributed by atoms with van der Waals surface area (Å²) in [5, 5.41) is 0.495. The molecule has 0 bridgehead atoms. The van der Waals surface area contributed by atoms with Gasteiger partial charge in [-0.1, -0.05) is 48.4 Å². The van der Waals surface area contributed by atoms with Gasteiger partial charge in [-0.05, 0) is 87.3 Å². The van der Waals surface area contributed by atoms with Gasteiger partial charge in [0.25, 0.3) is 10.0 Å². The molecule has 1 heterocycles. The van der Waals surface area contributed by atoms with Gasteiger partial charge in [-0.2, -0.15) is 0 Å². The van der Waals surface area contributed by atoms with E-state index in [2.05, 4.69) is 4.90 Å². The molecule has 4 rings (SSSR count). The lowest BCUT2D eigenvalue weighted by molar-refractivity contribution is 0.204. The largest absolute Gasteiger partial charge is 0.493 e. The molecule has 1 aliphatic heterocycles. The number of sulfonamides is 1. The van der Waals surface area contributed by atoms with E-state index in [0.717, 1.165) is 29.8 Å². The van der Waals surface area contributed by atoms with Crippen LogP contribution in [-0.4, -0.2) is 39.6 Å². The molecule has 1 aliphatic rings. The number of ether oxygens (including phenoxy) is 1. The molecule has 0 unspecified atom stereocenters. The molecule has 3 aromatic rings. The molecule has 8 heteroatoms. The molecule has 0 amide bonds. The molecule has 0 N–H and O–H groups in total. The van der Waals surface area contributed by atoms with E-state index in [4.69, 9.17) is 16.3 Å². The first-order valence-electron chi connectivity index (χ1n) is 12.2. The quantitative estimate of drug-likeness (QED) is 0.264. The van der Waals surface area contributed by atoms with Crippen molar-refractivity contribution < 1.29 is 13.2 Å². The second-order valence-electron chi connectivity index (χ2n) is 9.02. The maximum absolute atomic E-state index is 13.7. The van der Waals surface area contributed by atoms with Gasteiger partial charge < -0.3 is 9.64 Å². The molecule has 0 radical (unpaired) electrons. The van der Waals surface area contributed by atoms with E-state index in [1.165, 1.54) is 36.7 Å². The first kappa shape index (κ1) is 28.3. The van der Waals surface area contributed by atoms with E-state index in [0.29, 0.717) is 17.3 Å². The number of anilines is 1. The van der Waals surface area contributed by atoms with Gasteiger partial charge in [0.05, 0.1) is 23.7 Å². The van der Waals surface area contributed by atoms with Crippen LogP contribution in [0.15, 0.2) is 77.7 Å². The van der Waals surface area contributed by atoms with Crippen molar-refractivity contribution in [3.63, 3.8) is 0 Å². The van der Waals surface area contributed by atoms with Gasteiger partial charge in [0, 0.05) is 17.1 Å². The predicted octanol–water partition coefficient (Wildman–Crippen LogP) is 6.72. The Bertz CT molecular complexity index is 1210. The van der Waals surface area contributed by atoms with Crippen molar-refractivity contribution in [3.8, 4) is 5.75 Å². The number of aryl methyl sites for hydroxylation is 1. The number of hydrogen-bond donors (Lipinski definition) is 0. The third kappa shape index (κ3) is 7.39. The summed E-state index contributed by atoms with van der Waals surface area (Å²) in [4.78, 5) is 2.69. The van der Waals surface area contributed by atoms with Gasteiger partial charge in [0.1, 0.15) is 5.75 Å². The number of rotatable bonds is 10. The number of para-hydroxylation sites is 1. The van der Waals surface area contributed by atoms with Crippen LogP contribution < -0.4 is 9.04 Å². The lowest BCUT2D eigenvalue weighted by Crippen LogP contribution is -2.31. The average molecular weight is 550 g/mol. The van der Waals surface area contributed by atoms with Crippen LogP contribution in [0.2, 0.25) is 5.02 Å². The van der Waals surface area contributed by atoms with E-state index in [9.17, 15) is 8.42 Å². The van der Waals surface area contributed by atoms with Crippen LogP contribution in [0.4, 0.5) is 5.69 Å². The van der Waals surface area contributed by atoms with Crippen LogP contribution in [0.3, 0.4) is 0 Å². The number of halogens is 2. The minimum atomic E-state index is -3.83. The maximum atomic E-state index is 13.7. The highest BCUT2D eigenvalue weighted by molar-refractivity contribution is 7.92. The van der Waals surface area contributed by atoms with Crippen molar-refractivity contribution >= 4 is 39.7 Å². The standard InChI is InChI=1S/C28H33ClN2O3S.ClH/c1-23-9-7-11-26(21-23)31(35(32,33)27-15-13-25(29)14-16-27)22-24-10-3-4-12-28(24)34-20-8-19-30-17-5-2-6-18-30;/h3-4,7,9-16,21H,2,5-6,8,17-20,22H2,1H3;1H. The number of piperidine rings is 1. The molecule has 194 valence electrons. The molecule has 1 saturated heterocycles. The maximum Gasteiger partial charge on any atom is 0.264 e. The Hall–Kier alpha value is -2.25. The molecule has 0 atom stereocenters. The minimum Gasteiger partial charge on any atom is -0.493 e. The van der Waals surface area contributed by atoms with Crippen molar-refractivity contribution in [3.05, 3.63) is 88.9 Å². The molecule has 0 saturated carbocycles. The highest BCUT2D eigenvalue weighted by atomic mass is 35.5. The van der Waals surface area contributed by atoms with Gasteiger partial charge >= 0.3 is 0 Å². The second kappa shape index (κ2) is 13.3. The van der Waals surface area contributed by atoms with Crippen molar-refractivity contribution in [2.45, 2.75) is 44.0 Å². The SMILES string of the molecule is Cc1cccc(N(Cc2ccccc2OCCCN2CCCCC2)S(=O)(=O)c2ccc(Cl)cc2)c1.Cl. The molecular weight excluding hydrogens is 515 g/mol. The molecule has 36 heavy (non-hydrogen) atoms. The summed E-state index contributed by atoms with van der Waals surface area (Å²) < 4.78 is 35.1. The van der Waals surface area contributed by atoms with E-state index in [1.807, 2.05) is 55.5 Å². The summed E-state index contributed by atoms with van der Waals surface area (Å²) in [6.07, 6.45) is 4.83. The fraction of sp³-hybridized carbons (Fsp3) is 0.357. The zero-order valence-corrected chi connectivity index (χ0v) is 23.0. The Labute approximate surface area is 226 Å². The average Bonchev–Trinajstić information content (AvgIpc) is 2.86. The fourth-order valence-electron chi connectivity index (χ4n) is 4.42. The van der Waals surface area contributed by atoms with Crippen LogP contribution in [0.1, 0.15) is 36.8 Å². The molecule has 5 nitrogen and oxygen atoms in total. The first-order valence-corrected chi connectivity index (χ1v) is 14.0. The highest BCUT2D eigenvalue weighted by Crippen LogP contribution is 2.30. The van der Waals surface area contributed by atoms with Gasteiger partial charge in [-0.25, -0.2) is 8.42 Å². The Balaban J connectivity index is 0.00000361. The zero-order valence-electron chi connectivity index (χ0n) is 20.6. The van der Waals surface area contributed by atoms with Gasteiger partial charge in [0.15, 0.2) is 0 Å². The van der Waals surface area contributed by atoms with Crippen LogP contribution in [-0.2, 0) is 16.6 Å². The molecule has 1 fully saturated rings. The van der Waals surface area contributed by atoms with E-state index in [1.54, 1.807) is 24.3 Å². The van der Waals surface area contributed by atoms with E-state index >= 15 is 0 Å². The summed E-state index contributed by atoms with van der Waals surface area (Å²) in [5.41, 5.74) is 2.42. The Morgan fingerprint density at radius 1 is 0.944 bits per heavy atom. The monoisotopic (exact) mass is 548 g/mol. The lowest BCUT2D eigenvalue weighted by atomic mass is 10.1. The van der Waals surface area contributed by atoms with Crippen molar-refractivity contribution in [2.75, 3.05) is 30.5 Å². The third-order valence-electron chi connectivity index (χ3n) is 6.30. The van der Waals surface area contributed by atoms with E-state index in [-0.39, 0.29) is 23.8 Å². The molecular formula is C28H34Cl2N2O3S. The highest BCUT2D eigenvalue weighted by Gasteiger charge is 2.26. The number of benzene rings is 3. The fourth-order valence-corrected chi connectivity index (χ4v) is 5.98. The molecule has 0 aromatic heterocycles. The zero-order chi connectivity index (χ0) is 24.7. The Kier molecular flexibility index (Phi) is 10.5. The van der Waals surface area contributed by atoms with Crippen LogP contribution in [0, 0.1) is 6.92 Å². The smallest absolute Gasteiger partial charge is 0.264 e. The second-order valence-corrected chi connectivity index (χ2v) is 11.3. The number of nitrogens with zero attached hydrogens (tertiary/aromatic N) is 2. The van der Waals surface area contributed by atoms with Gasteiger partial charge in [0.2, 0.25) is 0 Å². The predicted molar refractivity (Wildman–Crippen MR) is 150 cm³/mol. The third-order valence-corrected chi connectivity index (χ3v) is 8.34. The first-order chi connectivity index (χ1) is 16.9. The van der Waals surface area contributed by atoms with Crippen molar-refractivity contribution in [1.82, 2.24) is 4.90 Å². The summed E-state index contributed by atoms with van der Waals surface area (Å²) in [5.74, 6) is 0.718. The summed E-state index contributed by atoms with van der Waals surface area (Å²) in [6.45, 7) is 6.09. The molecule has 0 aliphatic carbocycles. The van der Waals surface area contributed by atoms with Crippen LogP contribution in [0.25, 0.3) is 0 Å². The van der Waals surface area contributed by atoms with Gasteiger partial charge in [-0.15, -0.1) is 12.4 Å². The Morgan fingerprint density at radius 3 is 2.39 bits per heavy atom. The molecule has 0 spiro atoms. The topological polar surface area (TPSA) is 49.9 Å². The van der Waals surface area contributed by atoms with Crippen molar-refractivity contribution in [1.29, 1.82) is 0 Å². The summed E-state index contributed by atoms with van der Waals surface area (Å²) in [6, 6.07) is 21.5. The van der Waals surface area contributed by atoms with Crippen molar-refractivity contribution in [2.24, 2.45) is 0 Å². The number of likely N-dealkylation sites (tertiary alicyclic amines) is 1. The van der Waals surface area contributed by atoms with Gasteiger partial charge in [-0.3, -0.25) is 4.31 Å². The normalized spacial score (nSPS) is 14.2. The number of hydrogen-bond acceptors (Lipinski definition) is 4. The minimum absolute atomic E-state index is 0. The van der Waals surface area contributed by atoms with Crippen LogP contribution >= 0.6 is 24.0 Å².